The van der Waals surface area contributed by atoms with Crippen LogP contribution in [0.25, 0.3) is 0 Å². The van der Waals surface area contributed by atoms with Gasteiger partial charge in [0.15, 0.2) is 0 Å². The fourth-order valence-corrected chi connectivity index (χ4v) is 2.03. The average Bonchev–Trinajstić information content (AvgIpc) is 2.53. The number of nitrogens with two attached hydrogens (primary N) is 2. The lowest BCUT2D eigenvalue weighted by molar-refractivity contribution is -0.141. The van der Waals surface area contributed by atoms with Crippen LogP contribution in [0.3, 0.4) is 0 Å². The van der Waals surface area contributed by atoms with E-state index in [2.05, 4.69) is 10.6 Å². The molecule has 0 fully saturated rings. The molecule has 7 N–H and O–H groups in total. The molecular formula is C16H22N4O5. The van der Waals surface area contributed by atoms with E-state index in [4.69, 9.17) is 16.6 Å². The van der Waals surface area contributed by atoms with Gasteiger partial charge in [0.2, 0.25) is 17.7 Å². The molecule has 1 aromatic rings. The molecule has 0 saturated carbocycles. The number of carbonyl (C=O) groups excluding carboxylic acids is 3. The lowest BCUT2D eigenvalue weighted by Crippen LogP contribution is -2.55. The zero-order valence-electron chi connectivity index (χ0n) is 13.8. The van der Waals surface area contributed by atoms with Gasteiger partial charge in [0, 0.05) is 6.42 Å². The maximum absolute atomic E-state index is 12.3. The third-order valence-electron chi connectivity index (χ3n) is 3.37. The molecule has 1 rings (SSSR count). The Morgan fingerprint density at radius 1 is 1.04 bits per heavy atom. The Balaban J connectivity index is 2.84. The van der Waals surface area contributed by atoms with Crippen molar-refractivity contribution in [3.8, 4) is 0 Å². The zero-order valence-corrected chi connectivity index (χ0v) is 13.8. The van der Waals surface area contributed by atoms with E-state index in [1.54, 1.807) is 30.3 Å². The first-order valence-corrected chi connectivity index (χ1v) is 7.62. The fourth-order valence-electron chi connectivity index (χ4n) is 2.03. The predicted octanol–water partition coefficient (Wildman–Crippen LogP) is -1.49. The lowest BCUT2D eigenvalue weighted by Gasteiger charge is -2.21. The van der Waals surface area contributed by atoms with Gasteiger partial charge in [0.05, 0.1) is 12.5 Å². The van der Waals surface area contributed by atoms with Crippen molar-refractivity contribution in [2.75, 3.05) is 0 Å². The number of rotatable bonds is 9. The van der Waals surface area contributed by atoms with E-state index in [9.17, 15) is 19.2 Å². The molecule has 0 heterocycles. The highest BCUT2D eigenvalue weighted by Crippen LogP contribution is 2.04. The smallest absolute Gasteiger partial charge is 0.305 e. The van der Waals surface area contributed by atoms with Crippen LogP contribution in [0, 0.1) is 0 Å². The van der Waals surface area contributed by atoms with Crippen LogP contribution in [0.1, 0.15) is 18.9 Å². The lowest BCUT2D eigenvalue weighted by atomic mass is 10.0. The summed E-state index contributed by atoms with van der Waals surface area (Å²) in [6.07, 6.45) is -0.510. The Kier molecular flexibility index (Phi) is 7.54. The molecule has 3 amide bonds. The van der Waals surface area contributed by atoms with Gasteiger partial charge in [-0.2, -0.15) is 0 Å². The highest BCUT2D eigenvalue weighted by Gasteiger charge is 2.28. The number of benzene rings is 1. The normalized spacial score (nSPS) is 14.0. The van der Waals surface area contributed by atoms with Gasteiger partial charge in [-0.05, 0) is 12.5 Å². The summed E-state index contributed by atoms with van der Waals surface area (Å²) in [5.41, 5.74) is 11.5. The summed E-state index contributed by atoms with van der Waals surface area (Å²) in [5.74, 6) is -3.56. The molecule has 9 heteroatoms. The summed E-state index contributed by atoms with van der Waals surface area (Å²) >= 11 is 0. The standard InChI is InChI=1S/C16H22N4O5/c1-9(17)15(24)20-12(8-13(21)22)16(25)19-11(14(18)23)7-10-5-3-2-4-6-10/h2-6,9,11-12H,7-8,17H2,1H3,(H2,18,23)(H,19,25)(H,20,24)(H,21,22)/t9-,11-,12+/m0/s1. The summed E-state index contributed by atoms with van der Waals surface area (Å²) < 4.78 is 0. The quantitative estimate of drug-likeness (QED) is 0.364. The molecule has 0 aliphatic carbocycles. The molecule has 1 aromatic carbocycles. The fraction of sp³-hybridized carbons (Fsp3) is 0.375. The number of aliphatic carboxylic acids is 1. The van der Waals surface area contributed by atoms with Crippen molar-refractivity contribution in [1.82, 2.24) is 10.6 Å². The number of amides is 3. The number of hydrogen-bond donors (Lipinski definition) is 5. The van der Waals surface area contributed by atoms with E-state index >= 15 is 0 Å². The highest BCUT2D eigenvalue weighted by atomic mass is 16.4. The molecule has 0 unspecified atom stereocenters. The summed E-state index contributed by atoms with van der Waals surface area (Å²) in [6.45, 7) is 1.40. The number of hydrogen-bond acceptors (Lipinski definition) is 5. The van der Waals surface area contributed by atoms with Gasteiger partial charge in [-0.25, -0.2) is 0 Å². The molecule has 0 radical (unpaired) electrons. The Hall–Kier alpha value is -2.94. The Morgan fingerprint density at radius 3 is 2.08 bits per heavy atom. The van der Waals surface area contributed by atoms with E-state index in [0.717, 1.165) is 5.56 Å². The minimum atomic E-state index is -1.37. The minimum absolute atomic E-state index is 0.142. The molecular weight excluding hydrogens is 328 g/mol. The molecule has 0 aliphatic rings. The largest absolute Gasteiger partial charge is 0.481 e. The van der Waals surface area contributed by atoms with Gasteiger partial charge >= 0.3 is 5.97 Å². The van der Waals surface area contributed by atoms with Crippen LogP contribution in [-0.4, -0.2) is 46.9 Å². The van der Waals surface area contributed by atoms with Crippen LogP contribution in [0.15, 0.2) is 30.3 Å². The van der Waals surface area contributed by atoms with Gasteiger partial charge in [0.25, 0.3) is 0 Å². The van der Waals surface area contributed by atoms with Crippen molar-refractivity contribution in [1.29, 1.82) is 0 Å². The van der Waals surface area contributed by atoms with Crippen molar-refractivity contribution in [3.05, 3.63) is 35.9 Å². The third-order valence-corrected chi connectivity index (χ3v) is 3.37. The van der Waals surface area contributed by atoms with Crippen LogP contribution < -0.4 is 22.1 Å². The van der Waals surface area contributed by atoms with Gasteiger partial charge < -0.3 is 27.2 Å². The van der Waals surface area contributed by atoms with Crippen LogP contribution in [0.5, 0.6) is 0 Å². The van der Waals surface area contributed by atoms with Crippen molar-refractivity contribution >= 4 is 23.7 Å². The maximum atomic E-state index is 12.3. The van der Waals surface area contributed by atoms with E-state index in [-0.39, 0.29) is 6.42 Å². The Bertz CT molecular complexity index is 633. The summed E-state index contributed by atoms with van der Waals surface area (Å²) in [5, 5.41) is 13.5. The van der Waals surface area contributed by atoms with Gasteiger partial charge in [-0.3, -0.25) is 19.2 Å². The SMILES string of the molecule is C[C@H](N)C(=O)N[C@H](CC(=O)O)C(=O)N[C@@H](Cc1ccccc1)C(N)=O. The summed E-state index contributed by atoms with van der Waals surface area (Å²) in [4.78, 5) is 46.5. The van der Waals surface area contributed by atoms with Gasteiger partial charge in [0.1, 0.15) is 12.1 Å². The van der Waals surface area contributed by atoms with E-state index in [1.165, 1.54) is 6.92 Å². The van der Waals surface area contributed by atoms with E-state index in [0.29, 0.717) is 0 Å². The molecule has 0 saturated heterocycles. The Morgan fingerprint density at radius 2 is 1.60 bits per heavy atom. The molecule has 3 atom stereocenters. The molecule has 136 valence electrons. The van der Waals surface area contributed by atoms with Crippen molar-refractivity contribution in [2.24, 2.45) is 11.5 Å². The zero-order chi connectivity index (χ0) is 19.0. The number of carboxylic acid groups (broad SMARTS) is 1. The van der Waals surface area contributed by atoms with Crippen LogP contribution >= 0.6 is 0 Å². The molecule has 25 heavy (non-hydrogen) atoms. The number of nitrogens with one attached hydrogen (secondary N) is 2. The van der Waals surface area contributed by atoms with Gasteiger partial charge in [-0.15, -0.1) is 0 Å². The van der Waals surface area contributed by atoms with Crippen LogP contribution in [0.2, 0.25) is 0 Å². The molecule has 0 bridgehead atoms. The highest BCUT2D eigenvalue weighted by molar-refractivity contribution is 5.94. The Labute approximate surface area is 144 Å². The van der Waals surface area contributed by atoms with Crippen LogP contribution in [0.4, 0.5) is 0 Å². The van der Waals surface area contributed by atoms with Crippen molar-refractivity contribution < 1.29 is 24.3 Å². The van der Waals surface area contributed by atoms with E-state index in [1.807, 2.05) is 0 Å². The topological polar surface area (TPSA) is 165 Å². The number of carbonyl (C=O) groups is 4. The van der Waals surface area contributed by atoms with E-state index < -0.39 is 48.2 Å². The second-order valence-electron chi connectivity index (χ2n) is 5.60. The number of primary amides is 1. The molecule has 0 aromatic heterocycles. The second kappa shape index (κ2) is 9.38. The van der Waals surface area contributed by atoms with Crippen molar-refractivity contribution in [3.63, 3.8) is 0 Å². The maximum Gasteiger partial charge on any atom is 0.305 e. The molecule has 0 aliphatic heterocycles. The molecule has 0 spiro atoms. The minimum Gasteiger partial charge on any atom is -0.481 e. The summed E-state index contributed by atoms with van der Waals surface area (Å²) in [6, 6.07) is 5.53. The second-order valence-corrected chi connectivity index (χ2v) is 5.60. The third kappa shape index (κ3) is 7.00. The predicted molar refractivity (Wildman–Crippen MR) is 89.1 cm³/mol. The number of carboxylic acids is 1. The molecule has 9 nitrogen and oxygen atoms in total. The summed E-state index contributed by atoms with van der Waals surface area (Å²) in [7, 11) is 0. The van der Waals surface area contributed by atoms with Crippen molar-refractivity contribution in [2.45, 2.75) is 37.9 Å². The van der Waals surface area contributed by atoms with Gasteiger partial charge in [-0.1, -0.05) is 30.3 Å². The van der Waals surface area contributed by atoms with Crippen LogP contribution in [-0.2, 0) is 25.6 Å². The monoisotopic (exact) mass is 350 g/mol. The first kappa shape index (κ1) is 20.1. The average molecular weight is 350 g/mol. The first-order chi connectivity index (χ1) is 11.7. The first-order valence-electron chi connectivity index (χ1n) is 7.62.